The molecular formula is C64H123N2O7P. The summed E-state index contributed by atoms with van der Waals surface area (Å²) in [4.78, 5) is 40.0. The maximum Gasteiger partial charge on any atom is 0.306 e. The van der Waals surface area contributed by atoms with Gasteiger partial charge >= 0.3 is 5.97 Å². The second kappa shape index (κ2) is 54.6. The lowest BCUT2D eigenvalue weighted by Gasteiger charge is -2.30. The van der Waals surface area contributed by atoms with Gasteiger partial charge in [0.05, 0.1) is 33.8 Å². The number of quaternary nitrogens is 1. The van der Waals surface area contributed by atoms with Crippen molar-refractivity contribution in [3.8, 4) is 0 Å². The van der Waals surface area contributed by atoms with Gasteiger partial charge in [0, 0.05) is 12.8 Å². The summed E-state index contributed by atoms with van der Waals surface area (Å²) in [5.41, 5.74) is 0. The average molecular weight is 1060 g/mol. The summed E-state index contributed by atoms with van der Waals surface area (Å²) in [6.45, 7) is 6.85. The van der Waals surface area contributed by atoms with E-state index in [9.17, 15) is 19.0 Å². The number of allylic oxidation sites excluding steroid dienone is 5. The first-order chi connectivity index (χ1) is 35.9. The highest BCUT2D eigenvalue weighted by Gasteiger charge is 2.27. The van der Waals surface area contributed by atoms with Crippen LogP contribution < -0.4 is 10.2 Å². The molecule has 3 unspecified atom stereocenters. The fourth-order valence-corrected chi connectivity index (χ4v) is 10.1. The van der Waals surface area contributed by atoms with Crippen LogP contribution in [0.25, 0.3) is 0 Å². The molecule has 0 saturated heterocycles. The van der Waals surface area contributed by atoms with Crippen LogP contribution in [0.15, 0.2) is 36.5 Å². The van der Waals surface area contributed by atoms with Crippen molar-refractivity contribution in [2.24, 2.45) is 0 Å². The minimum atomic E-state index is -4.70. The standard InChI is InChI=1S/C64H123N2O7P/c1-7-10-13-16-19-22-25-28-30-32-33-35-37-39-42-45-48-51-54-57-64(68)73-62(55-52-49-46-43-40-27-24-21-18-15-12-9-3)61(60-72-74(69,70)71-59-58-66(4,5)6)65-63(67)56-53-50-47-44-41-38-36-34-31-29-26-23-20-17-14-11-8-2/h20,23,29,31,52,55,61-62H,7-19,21-22,24-28,30,32-51,53-54,56-60H2,1-6H3,(H-,65,67,69,70)/b23-20-,31-29-,55-52+. The highest BCUT2D eigenvalue weighted by atomic mass is 31.2. The van der Waals surface area contributed by atoms with Crippen LogP contribution in [0.3, 0.4) is 0 Å². The van der Waals surface area contributed by atoms with E-state index in [-0.39, 0.29) is 31.5 Å². The van der Waals surface area contributed by atoms with Crippen LogP contribution in [-0.2, 0) is 27.9 Å². The molecule has 0 aromatic rings. The summed E-state index contributed by atoms with van der Waals surface area (Å²) in [6.07, 6.45) is 65.3. The van der Waals surface area contributed by atoms with Crippen LogP contribution in [0.1, 0.15) is 310 Å². The van der Waals surface area contributed by atoms with E-state index in [4.69, 9.17) is 13.8 Å². The Morgan fingerprint density at radius 1 is 0.473 bits per heavy atom. The molecule has 436 valence electrons. The third-order valence-electron chi connectivity index (χ3n) is 14.3. The molecule has 0 aromatic carbocycles. The number of nitrogens with one attached hydrogen (secondary N) is 1. The molecule has 0 bridgehead atoms. The number of phosphoric acid groups is 1. The SMILES string of the molecule is CCCCC/C=C\C/C=C\CCCCCCCCCC(=O)NC(COP(=O)([O-])OCC[N+](C)(C)C)C(/C=C/CCCCCCCCCCCC)OC(=O)CCCCCCCCCCCCCCCCCCCCC. The lowest BCUT2D eigenvalue weighted by atomic mass is 10.0. The van der Waals surface area contributed by atoms with Crippen molar-refractivity contribution in [3.63, 3.8) is 0 Å². The number of carbonyl (C=O) groups is 2. The van der Waals surface area contributed by atoms with Gasteiger partial charge in [0.25, 0.3) is 7.82 Å². The zero-order valence-corrected chi connectivity index (χ0v) is 50.7. The first-order valence-electron chi connectivity index (χ1n) is 31.8. The number of amides is 1. The lowest BCUT2D eigenvalue weighted by Crippen LogP contribution is -2.47. The first-order valence-corrected chi connectivity index (χ1v) is 33.3. The largest absolute Gasteiger partial charge is 0.756 e. The average Bonchev–Trinajstić information content (AvgIpc) is 3.36. The molecule has 3 atom stereocenters. The normalized spacial score (nSPS) is 13.9. The number of likely N-dealkylation sites (N-methyl/N-ethyl adjacent to an activating group) is 1. The van der Waals surface area contributed by atoms with Crippen LogP contribution in [0, 0.1) is 0 Å². The number of hydrogen-bond donors (Lipinski definition) is 1. The van der Waals surface area contributed by atoms with E-state index in [0.717, 1.165) is 77.0 Å². The number of esters is 1. The van der Waals surface area contributed by atoms with Crippen LogP contribution in [0.2, 0.25) is 0 Å². The smallest absolute Gasteiger partial charge is 0.306 e. The molecule has 0 radical (unpaired) electrons. The fourth-order valence-electron chi connectivity index (χ4n) is 9.38. The molecule has 0 fully saturated rings. The molecule has 0 aromatic heterocycles. The third kappa shape index (κ3) is 55.0. The fraction of sp³-hybridized carbons (Fsp3) is 0.875. The zero-order valence-electron chi connectivity index (χ0n) is 49.8. The summed E-state index contributed by atoms with van der Waals surface area (Å²) >= 11 is 0. The Labute approximate surface area is 459 Å². The summed E-state index contributed by atoms with van der Waals surface area (Å²) in [6, 6.07) is -0.888. The number of rotatable bonds is 58. The van der Waals surface area contributed by atoms with Gasteiger partial charge in [0.1, 0.15) is 19.3 Å². The Bertz CT molecular complexity index is 1360. The van der Waals surface area contributed by atoms with Gasteiger partial charge in [-0.25, -0.2) is 0 Å². The molecule has 0 aliphatic carbocycles. The summed E-state index contributed by atoms with van der Waals surface area (Å²) in [5.74, 6) is -0.536. The van der Waals surface area contributed by atoms with Crippen molar-refractivity contribution in [2.75, 3.05) is 40.9 Å². The molecule has 9 nitrogen and oxygen atoms in total. The second-order valence-corrected chi connectivity index (χ2v) is 24.3. The predicted molar refractivity (Wildman–Crippen MR) is 316 cm³/mol. The molecule has 10 heteroatoms. The van der Waals surface area contributed by atoms with Gasteiger partial charge in [-0.1, -0.05) is 269 Å². The van der Waals surface area contributed by atoms with E-state index in [0.29, 0.717) is 17.4 Å². The number of hydrogen-bond acceptors (Lipinski definition) is 7. The minimum absolute atomic E-state index is 0.0217. The molecule has 1 amide bonds. The summed E-state index contributed by atoms with van der Waals surface area (Å²) < 4.78 is 30.3. The van der Waals surface area contributed by atoms with Crippen molar-refractivity contribution in [2.45, 2.75) is 322 Å². The van der Waals surface area contributed by atoms with Gasteiger partial charge in [-0.3, -0.25) is 14.2 Å². The Hall–Kier alpha value is -1.77. The van der Waals surface area contributed by atoms with Crippen molar-refractivity contribution >= 4 is 19.7 Å². The molecular weight excluding hydrogens is 940 g/mol. The van der Waals surface area contributed by atoms with Gasteiger partial charge in [-0.05, 0) is 63.9 Å². The van der Waals surface area contributed by atoms with E-state index < -0.39 is 20.0 Å². The Kier molecular flexibility index (Phi) is 53.3. The van der Waals surface area contributed by atoms with Crippen LogP contribution >= 0.6 is 7.82 Å². The lowest BCUT2D eigenvalue weighted by molar-refractivity contribution is -0.870. The number of phosphoric ester groups is 1. The van der Waals surface area contributed by atoms with Gasteiger partial charge in [-0.15, -0.1) is 0 Å². The molecule has 0 aliphatic heterocycles. The van der Waals surface area contributed by atoms with E-state index in [2.05, 4.69) is 50.4 Å². The van der Waals surface area contributed by atoms with E-state index in [1.807, 2.05) is 33.3 Å². The minimum Gasteiger partial charge on any atom is -0.756 e. The monoisotopic (exact) mass is 1060 g/mol. The molecule has 74 heavy (non-hydrogen) atoms. The third-order valence-corrected chi connectivity index (χ3v) is 15.3. The van der Waals surface area contributed by atoms with Crippen molar-refractivity contribution in [1.29, 1.82) is 0 Å². The Morgan fingerprint density at radius 2 is 0.824 bits per heavy atom. The van der Waals surface area contributed by atoms with E-state index in [1.165, 1.54) is 199 Å². The van der Waals surface area contributed by atoms with Crippen molar-refractivity contribution in [1.82, 2.24) is 5.32 Å². The number of unbranched alkanes of at least 4 members (excludes halogenated alkanes) is 38. The molecule has 1 N–H and O–H groups in total. The van der Waals surface area contributed by atoms with Crippen molar-refractivity contribution < 1.29 is 37.3 Å². The topological polar surface area (TPSA) is 114 Å². The zero-order chi connectivity index (χ0) is 54.3. The highest BCUT2D eigenvalue weighted by molar-refractivity contribution is 7.45. The van der Waals surface area contributed by atoms with Crippen LogP contribution in [0.5, 0.6) is 0 Å². The first kappa shape index (κ1) is 72.2. The van der Waals surface area contributed by atoms with Crippen molar-refractivity contribution in [3.05, 3.63) is 36.5 Å². The maximum absolute atomic E-state index is 13.5. The summed E-state index contributed by atoms with van der Waals surface area (Å²) in [7, 11) is 1.19. The molecule has 0 saturated carbocycles. The predicted octanol–water partition coefficient (Wildman–Crippen LogP) is 18.9. The molecule has 0 aliphatic rings. The van der Waals surface area contributed by atoms with Crippen LogP contribution in [0.4, 0.5) is 0 Å². The molecule has 0 spiro atoms. The Morgan fingerprint density at radius 3 is 1.24 bits per heavy atom. The van der Waals surface area contributed by atoms with Gasteiger partial charge in [-0.2, -0.15) is 0 Å². The van der Waals surface area contributed by atoms with E-state index in [1.54, 1.807) is 0 Å². The quantitative estimate of drug-likeness (QED) is 0.0212. The number of ether oxygens (including phenoxy) is 1. The summed E-state index contributed by atoms with van der Waals surface area (Å²) in [5, 5.41) is 3.03. The maximum atomic E-state index is 13.5. The molecule has 0 heterocycles. The van der Waals surface area contributed by atoms with Crippen LogP contribution in [-0.4, -0.2) is 69.4 Å². The number of carbonyl (C=O) groups excluding carboxylic acids is 2. The highest BCUT2D eigenvalue weighted by Crippen LogP contribution is 2.38. The molecule has 0 rings (SSSR count). The van der Waals surface area contributed by atoms with E-state index >= 15 is 0 Å². The van der Waals surface area contributed by atoms with Gasteiger partial charge in [0.15, 0.2) is 0 Å². The Balaban J connectivity index is 5.22. The van der Waals surface area contributed by atoms with Gasteiger partial charge < -0.3 is 28.5 Å². The second-order valence-electron chi connectivity index (χ2n) is 22.9. The van der Waals surface area contributed by atoms with Gasteiger partial charge in [0.2, 0.25) is 5.91 Å². The number of nitrogens with zero attached hydrogens (tertiary/aromatic N) is 1.